The van der Waals surface area contributed by atoms with E-state index in [4.69, 9.17) is 14.2 Å². The summed E-state index contributed by atoms with van der Waals surface area (Å²) in [7, 11) is 1.51. The van der Waals surface area contributed by atoms with Gasteiger partial charge in [-0.25, -0.2) is 4.98 Å². The number of carbonyl (C=O) groups excluding carboxylic acids is 2. The number of benzene rings is 3. The number of rotatable bonds is 10. The number of hydrogen-bond donors (Lipinski definition) is 2. The minimum atomic E-state index is -0.548. The van der Waals surface area contributed by atoms with E-state index in [-0.39, 0.29) is 24.7 Å². The van der Waals surface area contributed by atoms with E-state index in [1.54, 1.807) is 42.5 Å². The van der Waals surface area contributed by atoms with Crippen molar-refractivity contribution in [3.8, 4) is 23.3 Å². The van der Waals surface area contributed by atoms with Gasteiger partial charge >= 0.3 is 0 Å². The van der Waals surface area contributed by atoms with Crippen molar-refractivity contribution >= 4 is 50.3 Å². The van der Waals surface area contributed by atoms with Gasteiger partial charge in [-0.1, -0.05) is 29.5 Å². The van der Waals surface area contributed by atoms with Gasteiger partial charge in [-0.15, -0.1) is 0 Å². The molecule has 0 atom stereocenters. The standard InChI is InChI=1S/C28H24N4O5S/c1-18(33)30-21-8-10-22(11-9-21)36-13-14-37-24-12-7-19(16-25(24)35-2)15-20(17-29)27(34)32-28-31-23-5-3-4-6-26(23)38-28/h3-12,15-16H,13-14H2,1-2H3,(H,30,33)(H,31,32,34). The second-order valence-electron chi connectivity index (χ2n) is 7.92. The maximum atomic E-state index is 12.7. The van der Waals surface area contributed by atoms with Crippen LogP contribution in [0.15, 0.2) is 72.3 Å². The highest BCUT2D eigenvalue weighted by molar-refractivity contribution is 7.22. The fraction of sp³-hybridized carbons (Fsp3) is 0.143. The largest absolute Gasteiger partial charge is 0.493 e. The number of carbonyl (C=O) groups is 2. The van der Waals surface area contributed by atoms with Gasteiger partial charge in [-0.2, -0.15) is 5.26 Å². The monoisotopic (exact) mass is 528 g/mol. The molecule has 192 valence electrons. The van der Waals surface area contributed by atoms with Crippen LogP contribution in [0, 0.1) is 11.3 Å². The molecule has 0 fully saturated rings. The van der Waals surface area contributed by atoms with Crippen LogP contribution >= 0.6 is 11.3 Å². The maximum absolute atomic E-state index is 12.7. The summed E-state index contributed by atoms with van der Waals surface area (Å²) in [5.74, 6) is 0.893. The molecule has 3 aromatic carbocycles. The van der Waals surface area contributed by atoms with Crippen LogP contribution in [0.25, 0.3) is 16.3 Å². The third-order valence-corrected chi connectivity index (χ3v) is 6.11. The number of amides is 2. The molecule has 1 heterocycles. The lowest BCUT2D eigenvalue weighted by Crippen LogP contribution is -2.13. The van der Waals surface area contributed by atoms with Gasteiger partial charge in [-0.05, 0) is 60.2 Å². The Morgan fingerprint density at radius 3 is 2.47 bits per heavy atom. The molecule has 2 N–H and O–H groups in total. The molecule has 0 unspecified atom stereocenters. The molecule has 0 saturated carbocycles. The summed E-state index contributed by atoms with van der Waals surface area (Å²) in [6, 6.07) is 21.6. The highest BCUT2D eigenvalue weighted by Gasteiger charge is 2.13. The fourth-order valence-corrected chi connectivity index (χ4v) is 4.31. The highest BCUT2D eigenvalue weighted by Crippen LogP contribution is 2.30. The molecule has 4 aromatic rings. The zero-order chi connectivity index (χ0) is 26.9. The van der Waals surface area contributed by atoms with Crippen LogP contribution in [-0.2, 0) is 9.59 Å². The summed E-state index contributed by atoms with van der Waals surface area (Å²) in [5, 5.41) is 15.4. The van der Waals surface area contributed by atoms with E-state index in [1.807, 2.05) is 30.3 Å². The van der Waals surface area contributed by atoms with Gasteiger partial charge in [0.1, 0.15) is 30.6 Å². The number of para-hydroxylation sites is 1. The topological polar surface area (TPSA) is 123 Å². The third kappa shape index (κ3) is 6.87. The molecule has 0 saturated heterocycles. The molecule has 0 bridgehead atoms. The fourth-order valence-electron chi connectivity index (χ4n) is 3.45. The summed E-state index contributed by atoms with van der Waals surface area (Å²) in [4.78, 5) is 28.2. The first-order chi connectivity index (χ1) is 18.4. The van der Waals surface area contributed by atoms with Crippen molar-refractivity contribution in [1.82, 2.24) is 4.98 Å². The lowest BCUT2D eigenvalue weighted by molar-refractivity contribution is -0.114. The molecule has 0 aliphatic carbocycles. The highest BCUT2D eigenvalue weighted by atomic mass is 32.1. The Morgan fingerprint density at radius 1 is 1.00 bits per heavy atom. The molecular weight excluding hydrogens is 504 g/mol. The summed E-state index contributed by atoms with van der Waals surface area (Å²) >= 11 is 1.34. The Hall–Kier alpha value is -4.88. The van der Waals surface area contributed by atoms with Crippen molar-refractivity contribution < 1.29 is 23.8 Å². The van der Waals surface area contributed by atoms with Crippen molar-refractivity contribution in [2.45, 2.75) is 6.92 Å². The number of thiazole rings is 1. The Balaban J connectivity index is 1.35. The van der Waals surface area contributed by atoms with E-state index >= 15 is 0 Å². The molecule has 0 radical (unpaired) electrons. The molecule has 1 aromatic heterocycles. The first-order valence-corrected chi connectivity index (χ1v) is 12.4. The van der Waals surface area contributed by atoms with Crippen molar-refractivity contribution in [2.75, 3.05) is 31.0 Å². The van der Waals surface area contributed by atoms with Crippen LogP contribution in [0.4, 0.5) is 10.8 Å². The smallest absolute Gasteiger partial charge is 0.268 e. The second-order valence-corrected chi connectivity index (χ2v) is 8.95. The average molecular weight is 529 g/mol. The molecule has 2 amide bonds. The van der Waals surface area contributed by atoms with Gasteiger partial charge in [-0.3, -0.25) is 14.9 Å². The van der Waals surface area contributed by atoms with E-state index in [9.17, 15) is 14.9 Å². The van der Waals surface area contributed by atoms with Crippen LogP contribution in [0.2, 0.25) is 0 Å². The van der Waals surface area contributed by atoms with Gasteiger partial charge in [0.2, 0.25) is 5.91 Å². The molecule has 38 heavy (non-hydrogen) atoms. The minimum Gasteiger partial charge on any atom is -0.493 e. The Labute approximate surface area is 223 Å². The van der Waals surface area contributed by atoms with Crippen LogP contribution in [0.1, 0.15) is 12.5 Å². The first-order valence-electron chi connectivity index (χ1n) is 11.5. The number of nitrogens with zero attached hydrogens (tertiary/aromatic N) is 2. The number of nitriles is 1. The molecule has 10 heteroatoms. The number of anilines is 2. The predicted octanol–water partition coefficient (Wildman–Crippen LogP) is 5.27. The summed E-state index contributed by atoms with van der Waals surface area (Å²) < 4.78 is 17.8. The zero-order valence-corrected chi connectivity index (χ0v) is 21.5. The molecule has 0 spiro atoms. The maximum Gasteiger partial charge on any atom is 0.268 e. The van der Waals surface area contributed by atoms with Crippen molar-refractivity contribution in [2.24, 2.45) is 0 Å². The number of aromatic nitrogens is 1. The summed E-state index contributed by atoms with van der Waals surface area (Å²) in [5.41, 5.74) is 1.99. The van der Waals surface area contributed by atoms with E-state index in [2.05, 4.69) is 15.6 Å². The lowest BCUT2D eigenvalue weighted by atomic mass is 10.1. The summed E-state index contributed by atoms with van der Waals surface area (Å²) in [6.45, 7) is 1.99. The number of nitrogens with one attached hydrogen (secondary N) is 2. The number of ether oxygens (including phenoxy) is 3. The minimum absolute atomic E-state index is 0.0714. The molecular formula is C28H24N4O5S. The number of fused-ring (bicyclic) bond motifs is 1. The van der Waals surface area contributed by atoms with Gasteiger partial charge in [0, 0.05) is 12.6 Å². The van der Waals surface area contributed by atoms with Gasteiger partial charge < -0.3 is 19.5 Å². The Kier molecular flexibility index (Phi) is 8.53. The SMILES string of the molecule is COc1cc(C=C(C#N)C(=O)Nc2nc3ccccc3s2)ccc1OCCOc1ccc(NC(C)=O)cc1. The van der Waals surface area contributed by atoms with Crippen molar-refractivity contribution in [3.05, 3.63) is 77.9 Å². The van der Waals surface area contributed by atoms with Crippen LogP contribution in [0.3, 0.4) is 0 Å². The first kappa shape index (κ1) is 26.2. The van der Waals surface area contributed by atoms with Gasteiger partial charge in [0.15, 0.2) is 16.6 Å². The third-order valence-electron chi connectivity index (χ3n) is 5.16. The second kappa shape index (κ2) is 12.4. The van der Waals surface area contributed by atoms with E-state index < -0.39 is 5.91 Å². The van der Waals surface area contributed by atoms with E-state index in [1.165, 1.54) is 31.4 Å². The number of hydrogen-bond acceptors (Lipinski definition) is 8. The molecule has 0 aliphatic rings. The zero-order valence-electron chi connectivity index (χ0n) is 20.7. The molecule has 4 rings (SSSR count). The average Bonchev–Trinajstić information content (AvgIpc) is 3.33. The molecule has 0 aliphatic heterocycles. The number of methoxy groups -OCH3 is 1. The van der Waals surface area contributed by atoms with Crippen molar-refractivity contribution in [3.63, 3.8) is 0 Å². The van der Waals surface area contributed by atoms with Gasteiger partial charge in [0.05, 0.1) is 17.3 Å². The van der Waals surface area contributed by atoms with E-state index in [0.717, 1.165) is 10.2 Å². The van der Waals surface area contributed by atoms with Gasteiger partial charge in [0.25, 0.3) is 5.91 Å². The Morgan fingerprint density at radius 2 is 1.76 bits per heavy atom. The van der Waals surface area contributed by atoms with Crippen molar-refractivity contribution in [1.29, 1.82) is 5.26 Å². The molecule has 9 nitrogen and oxygen atoms in total. The lowest BCUT2D eigenvalue weighted by Gasteiger charge is -2.12. The van der Waals surface area contributed by atoms with Crippen LogP contribution in [0.5, 0.6) is 17.2 Å². The quantitative estimate of drug-likeness (QED) is 0.163. The Bertz CT molecular complexity index is 1490. The van der Waals surface area contributed by atoms with Crippen LogP contribution < -0.4 is 24.8 Å². The normalized spacial score (nSPS) is 10.9. The predicted molar refractivity (Wildman–Crippen MR) is 147 cm³/mol. The van der Waals surface area contributed by atoms with E-state index in [0.29, 0.717) is 33.6 Å². The van der Waals surface area contributed by atoms with Crippen LogP contribution in [-0.4, -0.2) is 37.1 Å². The summed E-state index contributed by atoms with van der Waals surface area (Å²) in [6.07, 6.45) is 1.47.